The summed E-state index contributed by atoms with van der Waals surface area (Å²) in [6, 6.07) is 2.22. The summed E-state index contributed by atoms with van der Waals surface area (Å²) in [6.07, 6.45) is 5.18. The van der Waals surface area contributed by atoms with Crippen molar-refractivity contribution in [2.24, 2.45) is 5.73 Å². The van der Waals surface area contributed by atoms with Crippen molar-refractivity contribution in [3.63, 3.8) is 0 Å². The van der Waals surface area contributed by atoms with Crippen LogP contribution in [0.3, 0.4) is 0 Å². The van der Waals surface area contributed by atoms with Crippen molar-refractivity contribution < 1.29 is 0 Å². The molecule has 0 amide bonds. The Bertz CT molecular complexity index is 297. The van der Waals surface area contributed by atoms with Crippen LogP contribution in [0, 0.1) is 11.3 Å². The predicted molar refractivity (Wildman–Crippen MR) is 49.8 cm³/mol. The molecule has 2 N–H and O–H groups in total. The van der Waals surface area contributed by atoms with Gasteiger partial charge in [-0.05, 0) is 6.42 Å². The van der Waals surface area contributed by atoms with E-state index in [1.807, 2.05) is 11.5 Å². The number of nitrogens with two attached hydrogens (primary N) is 1. The predicted octanol–water partition coefficient (Wildman–Crippen LogP) is 0.686. The number of hydrogen-bond acceptors (Lipinski definition) is 3. The van der Waals surface area contributed by atoms with Crippen molar-refractivity contribution in [1.29, 1.82) is 5.26 Å². The lowest BCUT2D eigenvalue weighted by Crippen LogP contribution is -2.23. The molecule has 13 heavy (non-hydrogen) atoms. The van der Waals surface area contributed by atoms with Crippen molar-refractivity contribution in [1.82, 2.24) is 9.55 Å². The second-order valence-electron chi connectivity index (χ2n) is 3.00. The SMILES string of the molecule is CCC(N)Cc1nccn1CC#N. The van der Waals surface area contributed by atoms with E-state index in [1.165, 1.54) is 0 Å². The zero-order valence-electron chi connectivity index (χ0n) is 7.77. The lowest BCUT2D eigenvalue weighted by molar-refractivity contribution is 0.601. The van der Waals surface area contributed by atoms with Crippen LogP contribution in [0.2, 0.25) is 0 Å². The summed E-state index contributed by atoms with van der Waals surface area (Å²) in [4.78, 5) is 4.15. The molecule has 1 atom stereocenters. The second kappa shape index (κ2) is 4.63. The fourth-order valence-electron chi connectivity index (χ4n) is 1.13. The average molecular weight is 178 g/mol. The highest BCUT2D eigenvalue weighted by atomic mass is 15.1. The second-order valence-corrected chi connectivity index (χ2v) is 3.00. The number of aromatic nitrogens is 2. The zero-order chi connectivity index (χ0) is 9.68. The molecule has 1 aromatic heterocycles. The molecule has 4 heteroatoms. The van der Waals surface area contributed by atoms with Gasteiger partial charge in [-0.1, -0.05) is 6.92 Å². The van der Waals surface area contributed by atoms with Crippen molar-refractivity contribution in [2.75, 3.05) is 0 Å². The Balaban J connectivity index is 2.66. The van der Waals surface area contributed by atoms with Crippen LogP contribution in [0.4, 0.5) is 0 Å². The molecule has 1 aromatic rings. The van der Waals surface area contributed by atoms with Crippen LogP contribution in [-0.4, -0.2) is 15.6 Å². The van der Waals surface area contributed by atoms with Crippen LogP contribution >= 0.6 is 0 Å². The smallest absolute Gasteiger partial charge is 0.111 e. The third-order valence-corrected chi connectivity index (χ3v) is 2.01. The van der Waals surface area contributed by atoms with Crippen LogP contribution in [0.1, 0.15) is 19.2 Å². The van der Waals surface area contributed by atoms with E-state index in [2.05, 4.69) is 11.1 Å². The van der Waals surface area contributed by atoms with Crippen molar-refractivity contribution in [3.8, 4) is 6.07 Å². The maximum atomic E-state index is 8.52. The summed E-state index contributed by atoms with van der Waals surface area (Å²) in [5, 5.41) is 8.52. The Morgan fingerprint density at radius 1 is 1.77 bits per heavy atom. The largest absolute Gasteiger partial charge is 0.327 e. The molecule has 0 spiro atoms. The maximum Gasteiger partial charge on any atom is 0.111 e. The molecular weight excluding hydrogens is 164 g/mol. The van der Waals surface area contributed by atoms with Gasteiger partial charge in [0, 0.05) is 24.9 Å². The Labute approximate surface area is 78.0 Å². The van der Waals surface area contributed by atoms with E-state index in [-0.39, 0.29) is 6.04 Å². The Morgan fingerprint density at radius 3 is 3.15 bits per heavy atom. The van der Waals surface area contributed by atoms with Gasteiger partial charge in [0.05, 0.1) is 6.07 Å². The number of nitriles is 1. The van der Waals surface area contributed by atoms with Crippen molar-refractivity contribution in [2.45, 2.75) is 32.4 Å². The molecule has 1 heterocycles. The molecule has 0 radical (unpaired) electrons. The maximum absolute atomic E-state index is 8.52. The third-order valence-electron chi connectivity index (χ3n) is 2.01. The van der Waals surface area contributed by atoms with Gasteiger partial charge in [0.15, 0.2) is 0 Å². The first-order chi connectivity index (χ1) is 6.27. The molecule has 4 nitrogen and oxygen atoms in total. The molecule has 0 aliphatic rings. The van der Waals surface area contributed by atoms with E-state index < -0.39 is 0 Å². The minimum Gasteiger partial charge on any atom is -0.327 e. The summed E-state index contributed by atoms with van der Waals surface area (Å²) in [5.74, 6) is 0.899. The summed E-state index contributed by atoms with van der Waals surface area (Å²) in [5.41, 5.74) is 5.79. The summed E-state index contributed by atoms with van der Waals surface area (Å²) in [6.45, 7) is 2.40. The number of rotatable bonds is 4. The van der Waals surface area contributed by atoms with Crippen molar-refractivity contribution >= 4 is 0 Å². The van der Waals surface area contributed by atoms with Gasteiger partial charge in [-0.15, -0.1) is 0 Å². The third kappa shape index (κ3) is 2.56. The van der Waals surface area contributed by atoms with Gasteiger partial charge < -0.3 is 10.3 Å². The molecule has 0 aliphatic carbocycles. The first kappa shape index (κ1) is 9.75. The average Bonchev–Trinajstić information content (AvgIpc) is 2.54. The van der Waals surface area contributed by atoms with Gasteiger partial charge >= 0.3 is 0 Å². The summed E-state index contributed by atoms with van der Waals surface area (Å²) < 4.78 is 1.83. The highest BCUT2D eigenvalue weighted by Crippen LogP contribution is 2.02. The minimum absolute atomic E-state index is 0.139. The number of nitrogens with zero attached hydrogens (tertiary/aromatic N) is 3. The summed E-state index contributed by atoms with van der Waals surface area (Å²) in [7, 11) is 0. The standard InChI is InChI=1S/C9H14N4/c1-2-8(11)7-9-12-4-6-13(9)5-3-10/h4,6,8H,2,5,7,11H2,1H3. The lowest BCUT2D eigenvalue weighted by Gasteiger charge is -2.08. The molecule has 70 valence electrons. The molecular formula is C9H14N4. The van der Waals surface area contributed by atoms with Gasteiger partial charge in [0.2, 0.25) is 0 Å². The number of hydrogen-bond donors (Lipinski definition) is 1. The van der Waals surface area contributed by atoms with E-state index >= 15 is 0 Å². The van der Waals surface area contributed by atoms with E-state index in [0.717, 1.165) is 18.7 Å². The van der Waals surface area contributed by atoms with E-state index in [9.17, 15) is 0 Å². The van der Waals surface area contributed by atoms with Gasteiger partial charge in [0.1, 0.15) is 12.4 Å². The first-order valence-electron chi connectivity index (χ1n) is 4.40. The molecule has 1 unspecified atom stereocenters. The lowest BCUT2D eigenvalue weighted by atomic mass is 10.1. The Hall–Kier alpha value is -1.34. The monoisotopic (exact) mass is 178 g/mol. The van der Waals surface area contributed by atoms with E-state index in [4.69, 9.17) is 11.0 Å². The van der Waals surface area contributed by atoms with Gasteiger partial charge in [-0.25, -0.2) is 4.98 Å². The topological polar surface area (TPSA) is 67.6 Å². The quantitative estimate of drug-likeness (QED) is 0.737. The number of imidazole rings is 1. The molecule has 0 aromatic carbocycles. The molecule has 1 rings (SSSR count). The summed E-state index contributed by atoms with van der Waals surface area (Å²) >= 11 is 0. The van der Waals surface area contributed by atoms with E-state index in [1.54, 1.807) is 12.4 Å². The molecule has 0 bridgehead atoms. The Kier molecular flexibility index (Phi) is 3.47. The first-order valence-corrected chi connectivity index (χ1v) is 4.40. The van der Waals surface area contributed by atoms with E-state index in [0.29, 0.717) is 6.54 Å². The van der Waals surface area contributed by atoms with Gasteiger partial charge in [-0.3, -0.25) is 0 Å². The van der Waals surface area contributed by atoms with Gasteiger partial charge in [0.25, 0.3) is 0 Å². The zero-order valence-corrected chi connectivity index (χ0v) is 7.77. The van der Waals surface area contributed by atoms with Crippen LogP contribution in [0.5, 0.6) is 0 Å². The highest BCUT2D eigenvalue weighted by molar-refractivity contribution is 4.97. The van der Waals surface area contributed by atoms with Crippen molar-refractivity contribution in [3.05, 3.63) is 18.2 Å². The van der Waals surface area contributed by atoms with Crippen LogP contribution in [0.15, 0.2) is 12.4 Å². The minimum atomic E-state index is 0.139. The molecule has 0 aliphatic heterocycles. The highest BCUT2D eigenvalue weighted by Gasteiger charge is 2.06. The normalized spacial score (nSPS) is 12.4. The fraction of sp³-hybridized carbons (Fsp3) is 0.556. The molecule has 0 saturated heterocycles. The van der Waals surface area contributed by atoms with Crippen LogP contribution in [-0.2, 0) is 13.0 Å². The molecule has 0 saturated carbocycles. The molecule has 0 fully saturated rings. The van der Waals surface area contributed by atoms with Crippen LogP contribution < -0.4 is 5.73 Å². The fourth-order valence-corrected chi connectivity index (χ4v) is 1.13. The van der Waals surface area contributed by atoms with Gasteiger partial charge in [-0.2, -0.15) is 5.26 Å². The van der Waals surface area contributed by atoms with Crippen LogP contribution in [0.25, 0.3) is 0 Å². The Morgan fingerprint density at radius 2 is 2.54 bits per heavy atom.